The Morgan fingerprint density at radius 2 is 1.94 bits per heavy atom. The Morgan fingerprint density at radius 1 is 1.31 bits per heavy atom. The van der Waals surface area contributed by atoms with E-state index in [0.717, 1.165) is 6.42 Å². The second-order valence-corrected chi connectivity index (χ2v) is 5.49. The Labute approximate surface area is 102 Å². The summed E-state index contributed by atoms with van der Waals surface area (Å²) in [6.45, 7) is 2.17. The lowest BCUT2D eigenvalue weighted by atomic mass is 9.97. The van der Waals surface area contributed by atoms with Gasteiger partial charge in [-0.3, -0.25) is 9.10 Å². The number of hydrogen-bond acceptors (Lipinski definition) is 3. The Balaban J connectivity index is 2.36. The zero-order valence-corrected chi connectivity index (χ0v) is 11.0. The van der Waals surface area contributed by atoms with Crippen molar-refractivity contribution in [3.05, 3.63) is 35.9 Å². The average molecular weight is 237 g/mol. The van der Waals surface area contributed by atoms with E-state index in [1.54, 1.807) is 0 Å². The molecule has 0 radical (unpaired) electrons. The van der Waals surface area contributed by atoms with Crippen molar-refractivity contribution in [3.8, 4) is 0 Å². The first-order valence-corrected chi connectivity index (χ1v) is 6.30. The lowest BCUT2D eigenvalue weighted by molar-refractivity contribution is -0.111. The molecule has 0 aromatic heterocycles. The molecule has 0 saturated heterocycles. The lowest BCUT2D eigenvalue weighted by Gasteiger charge is -2.12. The summed E-state index contributed by atoms with van der Waals surface area (Å²) < 4.78 is 1.84. The Kier molecular flexibility index (Phi) is 5.56. The van der Waals surface area contributed by atoms with Crippen LogP contribution in [0, 0.1) is 0 Å². The molecule has 1 atom stereocenters. The number of rotatable bonds is 5. The second kappa shape index (κ2) is 6.71. The van der Waals surface area contributed by atoms with Crippen LogP contribution in [0.15, 0.2) is 30.3 Å². The molecular weight excluding hydrogens is 218 g/mol. The van der Waals surface area contributed by atoms with Crippen molar-refractivity contribution in [3.63, 3.8) is 0 Å². The zero-order valence-electron chi connectivity index (χ0n) is 10.1. The fraction of sp³-hybridized carbons (Fsp3) is 0.462. The van der Waals surface area contributed by atoms with Crippen LogP contribution in [0.5, 0.6) is 0 Å². The molecule has 1 rings (SSSR count). The monoisotopic (exact) mass is 237 g/mol. The molecule has 3 heteroatoms. The van der Waals surface area contributed by atoms with Gasteiger partial charge in [0.2, 0.25) is 5.12 Å². The van der Waals surface area contributed by atoms with E-state index in [0.29, 0.717) is 12.3 Å². The molecule has 1 unspecified atom stereocenters. The smallest absolute Gasteiger partial charge is 0.203 e. The van der Waals surface area contributed by atoms with Crippen LogP contribution in [0.3, 0.4) is 0 Å². The number of benzene rings is 1. The van der Waals surface area contributed by atoms with Crippen molar-refractivity contribution in [1.82, 2.24) is 4.31 Å². The maximum absolute atomic E-state index is 11.5. The van der Waals surface area contributed by atoms with E-state index in [4.69, 9.17) is 0 Å². The predicted octanol–water partition coefficient (Wildman–Crippen LogP) is 3.31. The van der Waals surface area contributed by atoms with Crippen molar-refractivity contribution in [2.24, 2.45) is 0 Å². The third-order valence-electron chi connectivity index (χ3n) is 2.43. The van der Waals surface area contributed by atoms with Crippen LogP contribution in [-0.4, -0.2) is 23.5 Å². The highest BCUT2D eigenvalue weighted by molar-refractivity contribution is 8.11. The van der Waals surface area contributed by atoms with E-state index in [9.17, 15) is 4.79 Å². The van der Waals surface area contributed by atoms with Crippen molar-refractivity contribution in [2.75, 3.05) is 14.1 Å². The summed E-state index contributed by atoms with van der Waals surface area (Å²) in [7, 11) is 3.78. The van der Waals surface area contributed by atoms with E-state index in [1.807, 2.05) is 36.6 Å². The van der Waals surface area contributed by atoms with Crippen LogP contribution in [0.2, 0.25) is 0 Å². The van der Waals surface area contributed by atoms with Gasteiger partial charge < -0.3 is 0 Å². The fourth-order valence-electron chi connectivity index (χ4n) is 1.53. The molecule has 2 nitrogen and oxygen atoms in total. The van der Waals surface area contributed by atoms with Gasteiger partial charge in [-0.25, -0.2) is 0 Å². The summed E-state index contributed by atoms with van der Waals surface area (Å²) in [6.07, 6.45) is 1.56. The maximum Gasteiger partial charge on any atom is 0.203 e. The van der Waals surface area contributed by atoms with Crippen molar-refractivity contribution in [2.45, 2.75) is 25.7 Å². The van der Waals surface area contributed by atoms with Gasteiger partial charge in [0.25, 0.3) is 0 Å². The van der Waals surface area contributed by atoms with Gasteiger partial charge in [-0.1, -0.05) is 37.3 Å². The van der Waals surface area contributed by atoms with Gasteiger partial charge in [-0.2, -0.15) is 0 Å². The van der Waals surface area contributed by atoms with E-state index in [-0.39, 0.29) is 5.12 Å². The molecule has 0 amide bonds. The minimum atomic E-state index is 0.243. The number of hydrogen-bond donors (Lipinski definition) is 0. The number of carbonyl (C=O) groups excluding carboxylic acids is 1. The molecule has 0 spiro atoms. The SMILES string of the molecule is CC(CCC(=O)SN(C)C)c1ccccc1. The molecule has 0 fully saturated rings. The number of carbonyl (C=O) groups is 1. The van der Waals surface area contributed by atoms with E-state index in [1.165, 1.54) is 17.5 Å². The van der Waals surface area contributed by atoms with Crippen LogP contribution in [0.1, 0.15) is 31.2 Å². The first-order chi connectivity index (χ1) is 7.59. The average Bonchev–Trinajstić information content (AvgIpc) is 2.26. The molecule has 0 aliphatic rings. The number of nitrogens with zero attached hydrogens (tertiary/aromatic N) is 1. The molecule has 0 aliphatic carbocycles. The summed E-state index contributed by atoms with van der Waals surface area (Å²) in [4.78, 5) is 11.5. The zero-order chi connectivity index (χ0) is 12.0. The largest absolute Gasteiger partial charge is 0.286 e. The summed E-state index contributed by atoms with van der Waals surface area (Å²) in [5, 5.41) is 0.243. The highest BCUT2D eigenvalue weighted by atomic mass is 32.2. The quantitative estimate of drug-likeness (QED) is 0.733. The van der Waals surface area contributed by atoms with Crippen LogP contribution in [-0.2, 0) is 4.79 Å². The molecule has 0 bridgehead atoms. The predicted molar refractivity (Wildman–Crippen MR) is 70.4 cm³/mol. The first-order valence-electron chi connectivity index (χ1n) is 5.52. The van der Waals surface area contributed by atoms with Crippen molar-refractivity contribution < 1.29 is 4.79 Å². The van der Waals surface area contributed by atoms with Gasteiger partial charge in [-0.15, -0.1) is 0 Å². The molecule has 0 aliphatic heterocycles. The van der Waals surface area contributed by atoms with Crippen molar-refractivity contribution in [1.29, 1.82) is 0 Å². The molecule has 0 saturated carbocycles. The topological polar surface area (TPSA) is 20.3 Å². The van der Waals surface area contributed by atoms with Gasteiger partial charge in [0.1, 0.15) is 0 Å². The molecule has 16 heavy (non-hydrogen) atoms. The Hall–Kier alpha value is -0.800. The Bertz CT molecular complexity index is 324. The minimum Gasteiger partial charge on any atom is -0.286 e. The summed E-state index contributed by atoms with van der Waals surface area (Å²) in [5.41, 5.74) is 1.31. The van der Waals surface area contributed by atoms with E-state index < -0.39 is 0 Å². The highest BCUT2D eigenvalue weighted by Gasteiger charge is 2.09. The van der Waals surface area contributed by atoms with Crippen LogP contribution in [0.25, 0.3) is 0 Å². The van der Waals surface area contributed by atoms with Gasteiger partial charge in [-0.05, 0) is 43.9 Å². The standard InChI is InChI=1S/C13H19NOS/c1-11(12-7-5-4-6-8-12)9-10-13(15)16-14(2)3/h4-8,11H,9-10H2,1-3H3. The fourth-order valence-corrected chi connectivity index (χ4v) is 2.15. The maximum atomic E-state index is 11.5. The first kappa shape index (κ1) is 13.3. The van der Waals surface area contributed by atoms with E-state index in [2.05, 4.69) is 19.1 Å². The summed E-state index contributed by atoms with van der Waals surface area (Å²) in [5.74, 6) is 0.452. The van der Waals surface area contributed by atoms with Crippen LogP contribution < -0.4 is 0 Å². The van der Waals surface area contributed by atoms with Gasteiger partial charge in [0.15, 0.2) is 0 Å². The Morgan fingerprint density at radius 3 is 2.50 bits per heavy atom. The summed E-state index contributed by atoms with van der Waals surface area (Å²) in [6, 6.07) is 10.3. The van der Waals surface area contributed by atoms with Gasteiger partial charge >= 0.3 is 0 Å². The van der Waals surface area contributed by atoms with E-state index >= 15 is 0 Å². The molecule has 88 valence electrons. The third-order valence-corrected chi connectivity index (χ3v) is 3.21. The minimum absolute atomic E-state index is 0.243. The normalized spacial score (nSPS) is 12.8. The molecule has 1 aromatic carbocycles. The van der Waals surface area contributed by atoms with Crippen LogP contribution in [0.4, 0.5) is 0 Å². The molecule has 0 heterocycles. The lowest BCUT2D eigenvalue weighted by Crippen LogP contribution is -2.06. The molecular formula is C13H19NOS. The summed E-state index contributed by atoms with van der Waals surface area (Å²) >= 11 is 1.29. The van der Waals surface area contributed by atoms with Gasteiger partial charge in [0, 0.05) is 6.42 Å². The van der Waals surface area contributed by atoms with Gasteiger partial charge in [0.05, 0.1) is 0 Å². The third kappa shape index (κ3) is 4.81. The highest BCUT2D eigenvalue weighted by Crippen LogP contribution is 2.22. The molecule has 0 N–H and O–H groups in total. The van der Waals surface area contributed by atoms with Crippen molar-refractivity contribution >= 4 is 17.1 Å². The second-order valence-electron chi connectivity index (χ2n) is 4.13. The van der Waals surface area contributed by atoms with Crippen LogP contribution >= 0.6 is 11.9 Å². The molecule has 1 aromatic rings.